The second kappa shape index (κ2) is 6.77. The lowest BCUT2D eigenvalue weighted by atomic mass is 10.1. The summed E-state index contributed by atoms with van der Waals surface area (Å²) in [5.41, 5.74) is -0.705. The van der Waals surface area contributed by atoms with E-state index in [1.165, 1.54) is 12.1 Å². The number of hydrogen-bond donors (Lipinski definition) is 1. The first-order valence-electron chi connectivity index (χ1n) is 7.34. The van der Waals surface area contributed by atoms with E-state index in [0.717, 1.165) is 6.07 Å². The van der Waals surface area contributed by atoms with Crippen LogP contribution in [0.1, 0.15) is 48.5 Å². The van der Waals surface area contributed by atoms with Crippen molar-refractivity contribution in [3.8, 4) is 11.3 Å². The maximum atomic E-state index is 14.4. The summed E-state index contributed by atoms with van der Waals surface area (Å²) in [6.07, 6.45) is 0. The van der Waals surface area contributed by atoms with Gasteiger partial charge >= 0.3 is 11.9 Å². The minimum atomic E-state index is -0.724. The number of ether oxygens (including phenoxy) is 2. The molecule has 0 aliphatic heterocycles. The number of hydrogen-bond acceptors (Lipinski definition) is 6. The number of rotatable bonds is 4. The van der Waals surface area contributed by atoms with Crippen LogP contribution in [0.5, 0.6) is 0 Å². The second-order valence-electron chi connectivity index (χ2n) is 5.94. The molecule has 0 fully saturated rings. The highest BCUT2D eigenvalue weighted by Crippen LogP contribution is 2.25. The number of carbonyl (C=O) groups excluding carboxylic acids is 2. The summed E-state index contributed by atoms with van der Waals surface area (Å²) in [6.45, 7) is 6.96. The zero-order chi connectivity index (χ0) is 17.9. The Balaban J connectivity index is 2.33. The van der Waals surface area contributed by atoms with Crippen LogP contribution >= 0.6 is 0 Å². The van der Waals surface area contributed by atoms with E-state index in [1.807, 2.05) is 0 Å². The molecular weight excluding hydrogens is 317 g/mol. The van der Waals surface area contributed by atoms with Gasteiger partial charge in [-0.2, -0.15) is 10.3 Å². The lowest BCUT2D eigenvalue weighted by molar-refractivity contribution is 0.00688. The van der Waals surface area contributed by atoms with Gasteiger partial charge in [0, 0.05) is 5.56 Å². The van der Waals surface area contributed by atoms with Crippen molar-refractivity contribution < 1.29 is 23.5 Å². The van der Waals surface area contributed by atoms with E-state index in [9.17, 15) is 14.0 Å². The van der Waals surface area contributed by atoms with Gasteiger partial charge in [0.1, 0.15) is 17.1 Å². The number of nitrogens with zero attached hydrogens (tertiary/aromatic N) is 2. The van der Waals surface area contributed by atoms with Crippen LogP contribution in [0.4, 0.5) is 4.39 Å². The summed E-state index contributed by atoms with van der Waals surface area (Å²) < 4.78 is 24.4. The molecule has 0 unspecified atom stereocenters. The van der Waals surface area contributed by atoms with Gasteiger partial charge in [-0.1, -0.05) is 0 Å². The second-order valence-corrected chi connectivity index (χ2v) is 5.94. The smallest absolute Gasteiger partial charge is 0.361 e. The minimum Gasteiger partial charge on any atom is -0.461 e. The Kier molecular flexibility index (Phi) is 4.96. The molecule has 2 rings (SSSR count). The van der Waals surface area contributed by atoms with Crippen molar-refractivity contribution in [3.63, 3.8) is 0 Å². The molecule has 1 aromatic carbocycles. The number of esters is 2. The summed E-state index contributed by atoms with van der Waals surface area (Å²) in [5.74, 6) is -2.08. The third-order valence-electron chi connectivity index (χ3n) is 2.88. The first-order valence-corrected chi connectivity index (χ1v) is 7.34. The van der Waals surface area contributed by atoms with E-state index in [1.54, 1.807) is 27.7 Å². The number of nitrogens with one attached hydrogen (secondary N) is 1. The fourth-order valence-corrected chi connectivity index (χ4v) is 1.93. The van der Waals surface area contributed by atoms with Crippen molar-refractivity contribution >= 4 is 11.9 Å². The molecule has 0 saturated carbocycles. The number of halogens is 1. The van der Waals surface area contributed by atoms with Gasteiger partial charge in [-0.15, -0.1) is 5.10 Å². The fraction of sp³-hybridized carbons (Fsp3) is 0.375. The zero-order valence-corrected chi connectivity index (χ0v) is 13.8. The highest BCUT2D eigenvalue weighted by molar-refractivity contribution is 5.95. The molecular formula is C16H18FN3O4. The number of carbonyl (C=O) groups is 2. The molecule has 1 N–H and O–H groups in total. The Labute approximate surface area is 138 Å². The summed E-state index contributed by atoms with van der Waals surface area (Å²) >= 11 is 0. The molecule has 0 spiro atoms. The van der Waals surface area contributed by atoms with Gasteiger partial charge in [0.25, 0.3) is 0 Å². The summed E-state index contributed by atoms with van der Waals surface area (Å²) in [4.78, 5) is 23.8. The van der Waals surface area contributed by atoms with Gasteiger partial charge in [-0.25, -0.2) is 14.0 Å². The van der Waals surface area contributed by atoms with Crippen molar-refractivity contribution in [2.75, 3.05) is 6.61 Å². The van der Waals surface area contributed by atoms with Crippen molar-refractivity contribution in [1.29, 1.82) is 0 Å². The minimum absolute atomic E-state index is 0.0155. The summed E-state index contributed by atoms with van der Waals surface area (Å²) in [7, 11) is 0. The number of H-pyrrole nitrogens is 1. The molecule has 0 aliphatic rings. The summed E-state index contributed by atoms with van der Waals surface area (Å²) in [5, 5.41) is 9.75. The van der Waals surface area contributed by atoms with Crippen LogP contribution < -0.4 is 0 Å². The van der Waals surface area contributed by atoms with E-state index in [-0.39, 0.29) is 29.1 Å². The van der Waals surface area contributed by atoms with E-state index in [2.05, 4.69) is 15.4 Å². The first kappa shape index (κ1) is 17.6. The van der Waals surface area contributed by atoms with Crippen molar-refractivity contribution in [1.82, 2.24) is 15.4 Å². The van der Waals surface area contributed by atoms with E-state index in [4.69, 9.17) is 9.47 Å². The highest BCUT2D eigenvalue weighted by Gasteiger charge is 2.23. The van der Waals surface area contributed by atoms with Gasteiger partial charge < -0.3 is 9.47 Å². The number of benzene rings is 1. The molecule has 0 atom stereocenters. The predicted octanol–water partition coefficient (Wildman–Crippen LogP) is 2.74. The predicted molar refractivity (Wildman–Crippen MR) is 82.9 cm³/mol. The first-order chi connectivity index (χ1) is 11.2. The quantitative estimate of drug-likeness (QED) is 0.863. The SMILES string of the molecule is CCOC(=O)c1n[nH]nc1-c1ccc(C(=O)OC(C)(C)C)cc1F. The monoisotopic (exact) mass is 335 g/mol. The van der Waals surface area contributed by atoms with Crippen LogP contribution in [0.15, 0.2) is 18.2 Å². The molecule has 0 saturated heterocycles. The molecule has 24 heavy (non-hydrogen) atoms. The lowest BCUT2D eigenvalue weighted by Gasteiger charge is -2.19. The van der Waals surface area contributed by atoms with E-state index in [0.29, 0.717) is 0 Å². The molecule has 0 bridgehead atoms. The zero-order valence-electron chi connectivity index (χ0n) is 13.8. The molecule has 1 aromatic heterocycles. The molecule has 7 nitrogen and oxygen atoms in total. The molecule has 0 aliphatic carbocycles. The molecule has 2 aromatic rings. The molecule has 8 heteroatoms. The van der Waals surface area contributed by atoms with Crippen molar-refractivity contribution in [3.05, 3.63) is 35.3 Å². The Hall–Kier alpha value is -2.77. The van der Waals surface area contributed by atoms with Gasteiger partial charge in [0.2, 0.25) is 0 Å². The molecule has 128 valence electrons. The number of aromatic nitrogens is 3. The normalized spacial score (nSPS) is 11.2. The van der Waals surface area contributed by atoms with E-state index < -0.39 is 23.4 Å². The summed E-state index contributed by atoms with van der Waals surface area (Å²) in [6, 6.07) is 3.78. The Morgan fingerprint density at radius 1 is 1.21 bits per heavy atom. The van der Waals surface area contributed by atoms with Crippen LogP contribution in [-0.2, 0) is 9.47 Å². The van der Waals surface area contributed by atoms with Crippen molar-refractivity contribution in [2.24, 2.45) is 0 Å². The standard InChI is InChI=1S/C16H18FN3O4/c1-5-23-15(22)13-12(18-20-19-13)10-7-6-9(8-11(10)17)14(21)24-16(2,3)4/h6-8H,5H2,1-4H3,(H,18,19,20). The Morgan fingerprint density at radius 3 is 2.50 bits per heavy atom. The Bertz CT molecular complexity index is 765. The van der Waals surface area contributed by atoms with Crippen LogP contribution in [0.25, 0.3) is 11.3 Å². The highest BCUT2D eigenvalue weighted by atomic mass is 19.1. The lowest BCUT2D eigenvalue weighted by Crippen LogP contribution is -2.24. The number of aromatic amines is 1. The average Bonchev–Trinajstić information content (AvgIpc) is 2.94. The largest absolute Gasteiger partial charge is 0.461 e. The topological polar surface area (TPSA) is 94.2 Å². The van der Waals surface area contributed by atoms with Gasteiger partial charge in [0.05, 0.1) is 12.2 Å². The third kappa shape index (κ3) is 3.95. The molecule has 0 radical (unpaired) electrons. The van der Waals surface area contributed by atoms with Crippen LogP contribution in [-0.4, -0.2) is 39.6 Å². The molecule has 1 heterocycles. The van der Waals surface area contributed by atoms with Crippen molar-refractivity contribution in [2.45, 2.75) is 33.3 Å². The average molecular weight is 335 g/mol. The van der Waals surface area contributed by atoms with Gasteiger partial charge in [0.15, 0.2) is 5.69 Å². The third-order valence-corrected chi connectivity index (χ3v) is 2.88. The van der Waals surface area contributed by atoms with E-state index >= 15 is 0 Å². The maximum Gasteiger partial charge on any atom is 0.361 e. The fourth-order valence-electron chi connectivity index (χ4n) is 1.93. The van der Waals surface area contributed by atoms with Gasteiger partial charge in [-0.3, -0.25) is 0 Å². The van der Waals surface area contributed by atoms with Crippen LogP contribution in [0.3, 0.4) is 0 Å². The van der Waals surface area contributed by atoms with Crippen LogP contribution in [0.2, 0.25) is 0 Å². The van der Waals surface area contributed by atoms with Crippen LogP contribution in [0, 0.1) is 5.82 Å². The van der Waals surface area contributed by atoms with Gasteiger partial charge in [-0.05, 0) is 45.9 Å². The molecule has 0 amide bonds. The maximum absolute atomic E-state index is 14.4. The Morgan fingerprint density at radius 2 is 1.92 bits per heavy atom.